The molecule has 0 spiro atoms. The molecular formula is C14H12N4O. The first-order valence-electron chi connectivity index (χ1n) is 5.85. The summed E-state index contributed by atoms with van der Waals surface area (Å²) in [5.41, 5.74) is 9.66. The van der Waals surface area contributed by atoms with Gasteiger partial charge in [-0.3, -0.25) is 0 Å². The average Bonchev–Trinajstić information content (AvgIpc) is 2.82. The third-order valence-electron chi connectivity index (χ3n) is 2.98. The zero-order chi connectivity index (χ0) is 13.2. The van der Waals surface area contributed by atoms with Crippen molar-refractivity contribution in [3.05, 3.63) is 48.3 Å². The molecule has 0 amide bonds. The van der Waals surface area contributed by atoms with Gasteiger partial charge >= 0.3 is 0 Å². The number of aryl methyl sites for hydroxylation is 1. The van der Waals surface area contributed by atoms with Gasteiger partial charge in [0.25, 0.3) is 0 Å². The van der Waals surface area contributed by atoms with Crippen molar-refractivity contribution < 1.29 is 4.52 Å². The number of benzene rings is 1. The summed E-state index contributed by atoms with van der Waals surface area (Å²) in [5, 5.41) is 11.5. The molecule has 0 saturated carbocycles. The summed E-state index contributed by atoms with van der Waals surface area (Å²) in [4.78, 5) is 0. The number of rotatable bonds is 2. The Morgan fingerprint density at radius 2 is 1.95 bits per heavy atom. The van der Waals surface area contributed by atoms with Gasteiger partial charge in [-0.1, -0.05) is 29.4 Å². The fourth-order valence-corrected chi connectivity index (χ4v) is 2.04. The van der Waals surface area contributed by atoms with Crippen molar-refractivity contribution in [2.75, 3.05) is 5.73 Å². The van der Waals surface area contributed by atoms with Crippen LogP contribution in [0.3, 0.4) is 0 Å². The van der Waals surface area contributed by atoms with Gasteiger partial charge in [-0.05, 0) is 24.1 Å². The summed E-state index contributed by atoms with van der Waals surface area (Å²) in [5.74, 6) is 0.989. The SMILES string of the molecule is Cc1ccccc1-c1c(N)noc1-c1ccnnc1. The molecule has 0 radical (unpaired) electrons. The highest BCUT2D eigenvalue weighted by atomic mass is 16.5. The Morgan fingerprint density at radius 1 is 1.11 bits per heavy atom. The highest BCUT2D eigenvalue weighted by Crippen LogP contribution is 2.37. The van der Waals surface area contributed by atoms with E-state index in [1.165, 1.54) is 0 Å². The molecule has 5 nitrogen and oxygen atoms in total. The molecular weight excluding hydrogens is 240 g/mol. The number of hydrogen-bond acceptors (Lipinski definition) is 5. The quantitative estimate of drug-likeness (QED) is 0.758. The molecule has 0 saturated heterocycles. The van der Waals surface area contributed by atoms with Crippen LogP contribution >= 0.6 is 0 Å². The van der Waals surface area contributed by atoms with Crippen LogP contribution in [-0.4, -0.2) is 15.4 Å². The molecule has 2 aromatic heterocycles. The first-order valence-corrected chi connectivity index (χ1v) is 5.85. The molecule has 0 fully saturated rings. The van der Waals surface area contributed by atoms with E-state index in [-0.39, 0.29) is 0 Å². The van der Waals surface area contributed by atoms with E-state index in [2.05, 4.69) is 15.4 Å². The summed E-state index contributed by atoms with van der Waals surface area (Å²) in [7, 11) is 0. The second-order valence-electron chi connectivity index (χ2n) is 4.22. The third-order valence-corrected chi connectivity index (χ3v) is 2.98. The van der Waals surface area contributed by atoms with Gasteiger partial charge in [0.1, 0.15) is 0 Å². The van der Waals surface area contributed by atoms with Crippen molar-refractivity contribution in [2.24, 2.45) is 0 Å². The second-order valence-corrected chi connectivity index (χ2v) is 4.22. The van der Waals surface area contributed by atoms with Gasteiger partial charge in [-0.25, -0.2) is 0 Å². The van der Waals surface area contributed by atoms with Crippen LogP contribution in [0.5, 0.6) is 0 Å². The van der Waals surface area contributed by atoms with Gasteiger partial charge in [0.2, 0.25) is 0 Å². The van der Waals surface area contributed by atoms with Crippen LogP contribution < -0.4 is 5.73 Å². The zero-order valence-electron chi connectivity index (χ0n) is 10.4. The van der Waals surface area contributed by atoms with Crippen molar-refractivity contribution in [1.82, 2.24) is 15.4 Å². The van der Waals surface area contributed by atoms with E-state index >= 15 is 0 Å². The molecule has 5 heteroatoms. The van der Waals surface area contributed by atoms with E-state index < -0.39 is 0 Å². The Hall–Kier alpha value is -2.69. The summed E-state index contributed by atoms with van der Waals surface area (Å²) in [6, 6.07) is 9.78. The van der Waals surface area contributed by atoms with E-state index in [4.69, 9.17) is 10.3 Å². The Balaban J connectivity index is 2.23. The van der Waals surface area contributed by atoms with Crippen molar-refractivity contribution >= 4 is 5.82 Å². The summed E-state index contributed by atoms with van der Waals surface area (Å²) < 4.78 is 5.35. The third kappa shape index (κ3) is 1.95. The predicted octanol–water partition coefficient (Wildman–Crippen LogP) is 2.69. The molecule has 3 aromatic rings. The largest absolute Gasteiger partial charge is 0.380 e. The van der Waals surface area contributed by atoms with Crippen LogP contribution in [0.15, 0.2) is 47.2 Å². The molecule has 19 heavy (non-hydrogen) atoms. The van der Waals surface area contributed by atoms with Gasteiger partial charge in [-0.15, -0.1) is 0 Å². The van der Waals surface area contributed by atoms with E-state index in [9.17, 15) is 0 Å². The van der Waals surface area contributed by atoms with Crippen molar-refractivity contribution in [3.8, 4) is 22.5 Å². The Bertz CT molecular complexity index is 706. The maximum absolute atomic E-state index is 5.94. The fourth-order valence-electron chi connectivity index (χ4n) is 2.04. The number of anilines is 1. The second kappa shape index (κ2) is 4.53. The topological polar surface area (TPSA) is 77.8 Å². The molecule has 1 aromatic carbocycles. The molecule has 0 atom stereocenters. The molecule has 0 aliphatic heterocycles. The summed E-state index contributed by atoms with van der Waals surface area (Å²) in [6.45, 7) is 2.02. The van der Waals surface area contributed by atoms with Crippen LogP contribution in [0.4, 0.5) is 5.82 Å². The fraction of sp³-hybridized carbons (Fsp3) is 0.0714. The summed E-state index contributed by atoms with van der Waals surface area (Å²) >= 11 is 0. The molecule has 0 aliphatic carbocycles. The average molecular weight is 252 g/mol. The lowest BCUT2D eigenvalue weighted by atomic mass is 9.98. The van der Waals surface area contributed by atoms with Crippen molar-refractivity contribution in [2.45, 2.75) is 6.92 Å². The van der Waals surface area contributed by atoms with E-state index in [0.29, 0.717) is 11.6 Å². The number of nitrogens with zero attached hydrogens (tertiary/aromatic N) is 3. The van der Waals surface area contributed by atoms with Crippen LogP contribution in [0, 0.1) is 6.92 Å². The molecule has 2 N–H and O–H groups in total. The van der Waals surface area contributed by atoms with Gasteiger partial charge in [-0.2, -0.15) is 10.2 Å². The monoisotopic (exact) mass is 252 g/mol. The minimum Gasteiger partial charge on any atom is -0.380 e. The minimum absolute atomic E-state index is 0.376. The van der Waals surface area contributed by atoms with E-state index in [0.717, 1.165) is 22.3 Å². The molecule has 3 rings (SSSR count). The Kier molecular flexibility index (Phi) is 2.72. The lowest BCUT2D eigenvalue weighted by molar-refractivity contribution is 0.436. The van der Waals surface area contributed by atoms with Crippen LogP contribution in [-0.2, 0) is 0 Å². The van der Waals surface area contributed by atoms with E-state index in [1.54, 1.807) is 12.4 Å². The van der Waals surface area contributed by atoms with Gasteiger partial charge in [0.15, 0.2) is 11.6 Å². The number of aromatic nitrogens is 3. The molecule has 0 bridgehead atoms. The molecule has 0 unspecified atom stereocenters. The Labute approximate surface area is 110 Å². The first-order chi connectivity index (χ1) is 9.27. The number of nitrogen functional groups attached to an aromatic ring is 1. The standard InChI is InChI=1S/C14H12N4O/c1-9-4-2-3-5-11(9)12-13(19-18-14(12)15)10-6-7-16-17-8-10/h2-8H,1H3,(H2,15,18). The first kappa shape index (κ1) is 11.4. The molecule has 0 aliphatic rings. The normalized spacial score (nSPS) is 10.6. The highest BCUT2D eigenvalue weighted by molar-refractivity contribution is 5.87. The maximum atomic E-state index is 5.94. The van der Waals surface area contributed by atoms with E-state index in [1.807, 2.05) is 37.3 Å². The predicted molar refractivity (Wildman–Crippen MR) is 72.1 cm³/mol. The van der Waals surface area contributed by atoms with Gasteiger partial charge < -0.3 is 10.3 Å². The van der Waals surface area contributed by atoms with Crippen LogP contribution in [0.2, 0.25) is 0 Å². The van der Waals surface area contributed by atoms with Crippen molar-refractivity contribution in [1.29, 1.82) is 0 Å². The van der Waals surface area contributed by atoms with Crippen LogP contribution in [0.1, 0.15) is 5.56 Å². The maximum Gasteiger partial charge on any atom is 0.178 e. The Morgan fingerprint density at radius 3 is 2.68 bits per heavy atom. The van der Waals surface area contributed by atoms with Gasteiger partial charge in [0, 0.05) is 5.56 Å². The van der Waals surface area contributed by atoms with Crippen LogP contribution in [0.25, 0.3) is 22.5 Å². The number of nitrogens with two attached hydrogens (primary N) is 1. The minimum atomic E-state index is 0.376. The van der Waals surface area contributed by atoms with Crippen molar-refractivity contribution in [3.63, 3.8) is 0 Å². The smallest absolute Gasteiger partial charge is 0.178 e. The lowest BCUT2D eigenvalue weighted by Gasteiger charge is -2.05. The number of hydrogen-bond donors (Lipinski definition) is 1. The zero-order valence-corrected chi connectivity index (χ0v) is 10.4. The summed E-state index contributed by atoms with van der Waals surface area (Å²) in [6.07, 6.45) is 3.23. The highest BCUT2D eigenvalue weighted by Gasteiger charge is 2.18. The lowest BCUT2D eigenvalue weighted by Crippen LogP contribution is -1.91. The van der Waals surface area contributed by atoms with Gasteiger partial charge in [0.05, 0.1) is 18.0 Å². The molecule has 94 valence electrons. The molecule has 2 heterocycles.